The van der Waals surface area contributed by atoms with Gasteiger partial charge in [-0.2, -0.15) is 13.2 Å². The molecular weight excluding hydrogens is 565 g/mol. The van der Waals surface area contributed by atoms with Crippen LogP contribution in [0.2, 0.25) is 0 Å². The highest BCUT2D eigenvalue weighted by Crippen LogP contribution is 2.39. The summed E-state index contributed by atoms with van der Waals surface area (Å²) in [6, 6.07) is 0.980. The Morgan fingerprint density at radius 2 is 1.88 bits per heavy atom. The van der Waals surface area contributed by atoms with E-state index in [9.17, 15) is 27.6 Å². The zero-order valence-corrected chi connectivity index (χ0v) is 23.9. The molecule has 1 unspecified atom stereocenters. The lowest BCUT2D eigenvalue weighted by atomic mass is 10.0. The molecule has 2 heterocycles. The summed E-state index contributed by atoms with van der Waals surface area (Å²) in [7, 11) is 3.13. The summed E-state index contributed by atoms with van der Waals surface area (Å²) in [5.41, 5.74) is -3.57. The molecule has 1 fully saturated rings. The molecule has 1 aromatic rings. The van der Waals surface area contributed by atoms with Gasteiger partial charge in [-0.15, -0.1) is 0 Å². The molecule has 0 saturated carbocycles. The van der Waals surface area contributed by atoms with Crippen LogP contribution in [-0.4, -0.2) is 93.2 Å². The number of ether oxygens (including phenoxy) is 1. The number of piperazine rings is 1. The quantitative estimate of drug-likeness (QED) is 0.201. The van der Waals surface area contributed by atoms with Gasteiger partial charge in [-0.25, -0.2) is 13.6 Å². The number of anilines is 2. The molecule has 0 spiro atoms. The van der Waals surface area contributed by atoms with Crippen molar-refractivity contribution in [1.29, 1.82) is 0 Å². The maximum absolute atomic E-state index is 16.3. The number of hydrogen-bond donors (Lipinski definition) is 2. The maximum Gasteiger partial charge on any atom is 0.417 e. The molecule has 0 radical (unpaired) electrons. The van der Waals surface area contributed by atoms with Crippen LogP contribution in [0.15, 0.2) is 35.6 Å². The lowest BCUT2D eigenvalue weighted by Gasteiger charge is -2.40. The van der Waals surface area contributed by atoms with Crippen molar-refractivity contribution in [2.24, 2.45) is 0 Å². The number of hydrogen-bond acceptors (Lipinski definition) is 7. The second-order valence-corrected chi connectivity index (χ2v) is 10.3. The average Bonchev–Trinajstić information content (AvgIpc) is 3.38. The summed E-state index contributed by atoms with van der Waals surface area (Å²) in [4.78, 5) is 41.5. The average molecular weight is 600 g/mol. The molecule has 0 bridgehead atoms. The SMILES string of the molecule is CN/C=C(C(=O)Nc1c(N2CCN(C)C(C)C2)cc(F)c(C2=CCN(C(=O)OC(C)C)C2)c1F)\C(=C/C=O)C(F)(F)F. The molecule has 1 atom stereocenters. The highest BCUT2D eigenvalue weighted by atomic mass is 19.4. The van der Waals surface area contributed by atoms with E-state index in [1.165, 1.54) is 18.0 Å². The first-order valence-electron chi connectivity index (χ1n) is 13.2. The second kappa shape index (κ2) is 13.4. The van der Waals surface area contributed by atoms with Crippen LogP contribution >= 0.6 is 0 Å². The second-order valence-electron chi connectivity index (χ2n) is 10.3. The normalized spacial score (nSPS) is 18.7. The number of carbonyl (C=O) groups is 3. The van der Waals surface area contributed by atoms with Crippen molar-refractivity contribution in [3.05, 3.63) is 52.8 Å². The number of halogens is 5. The van der Waals surface area contributed by atoms with Gasteiger partial charge >= 0.3 is 12.3 Å². The standard InChI is InChI=1S/C28H34F5N5O4/c1-16(2)42-27(41)38-8-6-18(15-38)23-21(29)12-22(37-10-9-36(5)17(3)14-37)25(24(23)30)35-26(40)19(13-34-4)20(7-11-39)28(31,32)33/h6-7,11-13,16-17,34H,8-10,14-15H2,1-5H3,(H,35,40)/b19-13+,20-7+. The first-order chi connectivity index (χ1) is 19.7. The third-order valence-corrected chi connectivity index (χ3v) is 6.93. The Morgan fingerprint density at radius 1 is 1.19 bits per heavy atom. The van der Waals surface area contributed by atoms with Gasteiger partial charge in [0.15, 0.2) is 5.82 Å². The minimum atomic E-state index is -5.09. The Bertz CT molecular complexity index is 1310. The Kier molecular flexibility index (Phi) is 10.4. The van der Waals surface area contributed by atoms with Crippen molar-refractivity contribution in [2.45, 2.75) is 39.1 Å². The number of alkyl halides is 3. The third kappa shape index (κ3) is 7.27. The number of benzene rings is 1. The van der Waals surface area contributed by atoms with E-state index in [0.717, 1.165) is 12.3 Å². The number of nitrogens with zero attached hydrogens (tertiary/aromatic N) is 3. The fourth-order valence-electron chi connectivity index (χ4n) is 4.68. The molecule has 1 saturated heterocycles. The van der Waals surface area contributed by atoms with Crippen molar-refractivity contribution >= 4 is 35.2 Å². The van der Waals surface area contributed by atoms with E-state index in [0.29, 0.717) is 19.6 Å². The summed E-state index contributed by atoms with van der Waals surface area (Å²) in [6.07, 6.45) is -3.95. The molecule has 2 aliphatic heterocycles. The zero-order chi connectivity index (χ0) is 31.4. The van der Waals surface area contributed by atoms with Crippen LogP contribution in [0.4, 0.5) is 38.1 Å². The van der Waals surface area contributed by atoms with Gasteiger partial charge in [-0.3, -0.25) is 9.59 Å². The Labute approximate surface area is 240 Å². The predicted molar refractivity (Wildman–Crippen MR) is 148 cm³/mol. The van der Waals surface area contributed by atoms with Gasteiger partial charge in [-0.1, -0.05) is 6.08 Å². The Morgan fingerprint density at radius 3 is 2.45 bits per heavy atom. The van der Waals surface area contributed by atoms with Gasteiger partial charge in [0.25, 0.3) is 5.91 Å². The number of carbonyl (C=O) groups excluding carboxylic acids is 3. The molecule has 42 heavy (non-hydrogen) atoms. The number of allylic oxidation sites excluding steroid dienone is 1. The van der Waals surface area contributed by atoms with Crippen molar-refractivity contribution in [3.8, 4) is 0 Å². The Hall–Kier alpha value is -3.94. The highest BCUT2D eigenvalue weighted by molar-refractivity contribution is 6.09. The van der Waals surface area contributed by atoms with Crippen molar-refractivity contribution in [1.82, 2.24) is 15.1 Å². The third-order valence-electron chi connectivity index (χ3n) is 6.93. The number of nitrogens with one attached hydrogen (secondary N) is 2. The monoisotopic (exact) mass is 599 g/mol. The van der Waals surface area contributed by atoms with E-state index in [1.54, 1.807) is 18.7 Å². The fourth-order valence-corrected chi connectivity index (χ4v) is 4.68. The van der Waals surface area contributed by atoms with E-state index in [1.807, 2.05) is 18.9 Å². The van der Waals surface area contributed by atoms with Crippen LogP contribution in [0.3, 0.4) is 0 Å². The van der Waals surface area contributed by atoms with Crippen molar-refractivity contribution in [2.75, 3.05) is 57.0 Å². The summed E-state index contributed by atoms with van der Waals surface area (Å²) >= 11 is 0. The van der Waals surface area contributed by atoms with Gasteiger partial charge in [0.2, 0.25) is 0 Å². The molecule has 14 heteroatoms. The van der Waals surface area contributed by atoms with E-state index in [-0.39, 0.29) is 42.8 Å². The molecule has 230 valence electrons. The summed E-state index contributed by atoms with van der Waals surface area (Å²) in [6.45, 7) is 6.17. The van der Waals surface area contributed by atoms with Gasteiger partial charge in [-0.05, 0) is 39.5 Å². The molecule has 2 aliphatic rings. The van der Waals surface area contributed by atoms with E-state index < -0.39 is 58.3 Å². The molecule has 2 amide bonds. The van der Waals surface area contributed by atoms with Crippen LogP contribution in [-0.2, 0) is 14.3 Å². The van der Waals surface area contributed by atoms with Gasteiger partial charge in [0.1, 0.15) is 17.8 Å². The van der Waals surface area contributed by atoms with Crippen molar-refractivity contribution in [3.63, 3.8) is 0 Å². The van der Waals surface area contributed by atoms with Gasteiger partial charge in [0.05, 0.1) is 28.5 Å². The summed E-state index contributed by atoms with van der Waals surface area (Å²) < 4.78 is 78.3. The first kappa shape index (κ1) is 32.6. The maximum atomic E-state index is 16.3. The summed E-state index contributed by atoms with van der Waals surface area (Å²) in [5.74, 6) is -3.57. The highest BCUT2D eigenvalue weighted by Gasteiger charge is 2.39. The van der Waals surface area contributed by atoms with Crippen LogP contribution in [0.25, 0.3) is 5.57 Å². The smallest absolute Gasteiger partial charge is 0.417 e. The van der Waals surface area contributed by atoms with Crippen LogP contribution in [0.1, 0.15) is 26.3 Å². The van der Waals surface area contributed by atoms with Crippen molar-refractivity contribution < 1.29 is 41.1 Å². The van der Waals surface area contributed by atoms with E-state index >= 15 is 8.78 Å². The molecule has 0 aliphatic carbocycles. The number of rotatable bonds is 8. The number of aldehydes is 1. The minimum absolute atomic E-state index is 0.0136. The molecule has 0 aromatic heterocycles. The topological polar surface area (TPSA) is 94.2 Å². The lowest BCUT2D eigenvalue weighted by molar-refractivity contribution is -0.115. The van der Waals surface area contributed by atoms with E-state index in [4.69, 9.17) is 4.74 Å². The molecule has 3 rings (SSSR count). The summed E-state index contributed by atoms with van der Waals surface area (Å²) in [5, 5.41) is 4.55. The van der Waals surface area contributed by atoms with Gasteiger partial charge in [0, 0.05) is 58.1 Å². The predicted octanol–water partition coefficient (Wildman–Crippen LogP) is 4.08. The van der Waals surface area contributed by atoms with Crippen LogP contribution in [0, 0.1) is 11.6 Å². The van der Waals surface area contributed by atoms with Crippen LogP contribution < -0.4 is 15.5 Å². The minimum Gasteiger partial charge on any atom is -0.447 e. The zero-order valence-electron chi connectivity index (χ0n) is 23.9. The largest absolute Gasteiger partial charge is 0.447 e. The Balaban J connectivity index is 2.10. The molecular formula is C28H34F5N5O4. The lowest BCUT2D eigenvalue weighted by Crippen LogP contribution is -2.50. The van der Waals surface area contributed by atoms with Crippen LogP contribution in [0.5, 0.6) is 0 Å². The molecule has 2 N–H and O–H groups in total. The van der Waals surface area contributed by atoms with Gasteiger partial charge < -0.3 is 30.1 Å². The number of amides is 2. The number of likely N-dealkylation sites (N-methyl/N-ethyl adjacent to an activating group) is 1. The fraction of sp³-hybridized carbons (Fsp3) is 0.464. The first-order valence-corrected chi connectivity index (χ1v) is 13.2. The molecule has 9 nitrogen and oxygen atoms in total. The van der Waals surface area contributed by atoms with E-state index in [2.05, 4.69) is 10.6 Å². The molecule has 1 aromatic carbocycles.